The number of hydrazone groups is 1. The van der Waals surface area contributed by atoms with E-state index >= 15 is 0 Å². The van der Waals surface area contributed by atoms with Crippen LogP contribution in [0.2, 0.25) is 0 Å². The number of likely N-dealkylation sites (tertiary alicyclic amines) is 1. The van der Waals surface area contributed by atoms with Crippen molar-refractivity contribution in [1.29, 1.82) is 0 Å². The Morgan fingerprint density at radius 2 is 2.07 bits per heavy atom. The summed E-state index contributed by atoms with van der Waals surface area (Å²) in [4.78, 5) is 27.2. The zero-order chi connectivity index (χ0) is 20.0. The Kier molecular flexibility index (Phi) is 4.17. The summed E-state index contributed by atoms with van der Waals surface area (Å²) in [6, 6.07) is 13.7. The maximum absolute atomic E-state index is 12.4. The second-order valence-corrected chi connectivity index (χ2v) is 7.45. The molecule has 7 nitrogen and oxygen atoms in total. The number of nitrogens with one attached hydrogen (secondary N) is 1. The molecule has 0 unspecified atom stereocenters. The largest absolute Gasteiger partial charge is 0.351 e. The number of primary amides is 1. The van der Waals surface area contributed by atoms with E-state index in [4.69, 9.17) is 5.73 Å². The van der Waals surface area contributed by atoms with Crippen LogP contribution in [0.25, 0.3) is 22.2 Å². The van der Waals surface area contributed by atoms with E-state index in [-0.39, 0.29) is 5.91 Å². The van der Waals surface area contributed by atoms with Crippen molar-refractivity contribution in [2.45, 2.75) is 19.4 Å². The van der Waals surface area contributed by atoms with E-state index in [1.54, 1.807) is 18.3 Å². The molecule has 0 spiro atoms. The van der Waals surface area contributed by atoms with Gasteiger partial charge in [-0.05, 0) is 61.3 Å². The molecule has 2 amide bonds. The van der Waals surface area contributed by atoms with Gasteiger partial charge in [-0.25, -0.2) is 10.2 Å². The van der Waals surface area contributed by atoms with Crippen LogP contribution in [-0.4, -0.2) is 40.7 Å². The Morgan fingerprint density at radius 1 is 1.24 bits per heavy atom. The third-order valence-electron chi connectivity index (χ3n) is 5.59. The highest BCUT2D eigenvalue weighted by Crippen LogP contribution is 2.35. The van der Waals surface area contributed by atoms with E-state index in [9.17, 15) is 9.59 Å². The maximum Gasteiger partial charge on any atom is 0.323 e. The smallest absolute Gasteiger partial charge is 0.323 e. The number of rotatable bonds is 3. The minimum absolute atomic E-state index is 0.335. The molecule has 0 aliphatic carbocycles. The summed E-state index contributed by atoms with van der Waals surface area (Å²) in [6.45, 7) is 3.08. The first kappa shape index (κ1) is 17.6. The van der Waals surface area contributed by atoms with Gasteiger partial charge < -0.3 is 5.73 Å². The minimum atomic E-state index is -0.610. The SMILES string of the molecule is NC(=O)n1c(-c2cccc(CN3CCCC3)c2)c2c3c(c[c]cc31)C(=O)NN=C2. The van der Waals surface area contributed by atoms with Gasteiger partial charge in [-0.15, -0.1) is 0 Å². The Bertz CT molecular complexity index is 1170. The van der Waals surface area contributed by atoms with Crippen molar-refractivity contribution in [3.05, 3.63) is 59.2 Å². The summed E-state index contributed by atoms with van der Waals surface area (Å²) >= 11 is 0. The zero-order valence-electron chi connectivity index (χ0n) is 15.8. The van der Waals surface area contributed by atoms with Crippen LogP contribution in [-0.2, 0) is 6.54 Å². The van der Waals surface area contributed by atoms with Crippen LogP contribution in [0.3, 0.4) is 0 Å². The van der Waals surface area contributed by atoms with Crippen LogP contribution in [0.1, 0.15) is 34.3 Å². The molecular formula is C22H20N5O2. The second kappa shape index (κ2) is 6.86. The van der Waals surface area contributed by atoms with Crippen LogP contribution in [0.15, 0.2) is 41.5 Å². The molecule has 0 bridgehead atoms. The monoisotopic (exact) mass is 386 g/mol. The molecular weight excluding hydrogens is 366 g/mol. The van der Waals surface area contributed by atoms with Crippen molar-refractivity contribution in [3.8, 4) is 11.3 Å². The fraction of sp³-hybridized carbons (Fsp3) is 0.227. The summed E-state index contributed by atoms with van der Waals surface area (Å²) in [5.74, 6) is -0.335. The third kappa shape index (κ3) is 2.91. The normalized spacial score (nSPS) is 16.2. The van der Waals surface area contributed by atoms with Crippen LogP contribution < -0.4 is 11.2 Å². The van der Waals surface area contributed by atoms with E-state index in [0.717, 1.165) is 25.2 Å². The average Bonchev–Trinajstić information content (AvgIpc) is 3.29. The van der Waals surface area contributed by atoms with Gasteiger partial charge in [-0.1, -0.05) is 18.2 Å². The Labute approximate surface area is 167 Å². The van der Waals surface area contributed by atoms with Crippen LogP contribution >= 0.6 is 0 Å². The second-order valence-electron chi connectivity index (χ2n) is 7.45. The molecule has 5 rings (SSSR count). The molecule has 2 aliphatic rings. The first-order chi connectivity index (χ1) is 14.1. The van der Waals surface area contributed by atoms with Crippen LogP contribution in [0, 0.1) is 6.07 Å². The molecule has 1 radical (unpaired) electrons. The van der Waals surface area contributed by atoms with Gasteiger partial charge in [0.05, 0.1) is 23.0 Å². The van der Waals surface area contributed by atoms with E-state index in [1.807, 2.05) is 12.1 Å². The topological polar surface area (TPSA) is 92.7 Å². The summed E-state index contributed by atoms with van der Waals surface area (Å²) in [7, 11) is 0. The number of nitrogens with two attached hydrogens (primary N) is 1. The molecule has 7 heteroatoms. The lowest BCUT2D eigenvalue weighted by molar-refractivity contribution is 0.0957. The molecule has 0 saturated carbocycles. The summed E-state index contributed by atoms with van der Waals surface area (Å²) in [5, 5.41) is 4.70. The molecule has 1 aromatic heterocycles. The van der Waals surface area contributed by atoms with Gasteiger partial charge in [0, 0.05) is 17.5 Å². The highest BCUT2D eigenvalue weighted by molar-refractivity contribution is 6.19. The molecule has 2 aliphatic heterocycles. The summed E-state index contributed by atoms with van der Waals surface area (Å²) < 4.78 is 1.45. The predicted molar refractivity (Wildman–Crippen MR) is 111 cm³/mol. The molecule has 3 aromatic rings. The van der Waals surface area contributed by atoms with Gasteiger partial charge >= 0.3 is 6.03 Å². The molecule has 3 N–H and O–H groups in total. The summed E-state index contributed by atoms with van der Waals surface area (Å²) in [5.41, 5.74) is 12.6. The van der Waals surface area contributed by atoms with E-state index in [0.29, 0.717) is 27.7 Å². The van der Waals surface area contributed by atoms with Crippen molar-refractivity contribution < 1.29 is 9.59 Å². The van der Waals surface area contributed by atoms with Gasteiger partial charge in [0.1, 0.15) is 0 Å². The molecule has 145 valence electrons. The lowest BCUT2D eigenvalue weighted by Crippen LogP contribution is -2.21. The van der Waals surface area contributed by atoms with E-state index < -0.39 is 6.03 Å². The molecule has 2 aromatic carbocycles. The zero-order valence-corrected chi connectivity index (χ0v) is 15.8. The average molecular weight is 386 g/mol. The fourth-order valence-corrected chi connectivity index (χ4v) is 4.35. The number of nitrogens with zero attached hydrogens (tertiary/aromatic N) is 3. The number of aromatic nitrogens is 1. The highest BCUT2D eigenvalue weighted by atomic mass is 16.2. The van der Waals surface area contributed by atoms with Gasteiger partial charge in [0.2, 0.25) is 0 Å². The lowest BCUT2D eigenvalue weighted by atomic mass is 10.0. The number of benzene rings is 2. The first-order valence-electron chi connectivity index (χ1n) is 9.67. The highest BCUT2D eigenvalue weighted by Gasteiger charge is 2.26. The maximum atomic E-state index is 12.4. The number of hydrogen-bond donors (Lipinski definition) is 2. The Balaban J connectivity index is 1.73. The predicted octanol–water partition coefficient (Wildman–Crippen LogP) is 2.71. The van der Waals surface area contributed by atoms with Crippen molar-refractivity contribution in [2.24, 2.45) is 10.8 Å². The fourth-order valence-electron chi connectivity index (χ4n) is 4.35. The van der Waals surface area contributed by atoms with Gasteiger partial charge in [0.15, 0.2) is 0 Å². The van der Waals surface area contributed by atoms with E-state index in [2.05, 4.69) is 33.6 Å². The molecule has 3 heterocycles. The molecule has 29 heavy (non-hydrogen) atoms. The van der Waals surface area contributed by atoms with Gasteiger partial charge in [-0.3, -0.25) is 14.3 Å². The molecule has 1 fully saturated rings. The third-order valence-corrected chi connectivity index (χ3v) is 5.59. The Hall–Kier alpha value is -3.45. The lowest BCUT2D eigenvalue weighted by Gasteiger charge is -2.15. The van der Waals surface area contributed by atoms with Crippen LogP contribution in [0.5, 0.6) is 0 Å². The van der Waals surface area contributed by atoms with Crippen molar-refractivity contribution in [2.75, 3.05) is 13.1 Å². The Morgan fingerprint density at radius 3 is 2.86 bits per heavy atom. The first-order valence-corrected chi connectivity index (χ1v) is 9.67. The number of hydrogen-bond acceptors (Lipinski definition) is 4. The standard InChI is InChI=1S/C22H20N5O2/c23-22(29)27-18-8-4-7-16-19(18)17(12-24-25-21(16)28)20(27)15-6-3-5-14(11-15)13-26-9-1-2-10-26/h3,5-8,11-12H,1-2,9-10,13H2,(H2,23,29)(H,25,28). The quantitative estimate of drug-likeness (QED) is 0.725. The molecule has 0 atom stereocenters. The van der Waals surface area contributed by atoms with E-state index in [1.165, 1.54) is 23.0 Å². The van der Waals surface area contributed by atoms with Crippen molar-refractivity contribution in [3.63, 3.8) is 0 Å². The number of carbonyl (C=O) groups is 2. The van der Waals surface area contributed by atoms with Crippen molar-refractivity contribution in [1.82, 2.24) is 14.9 Å². The minimum Gasteiger partial charge on any atom is -0.351 e. The van der Waals surface area contributed by atoms with Crippen molar-refractivity contribution >= 4 is 29.1 Å². The van der Waals surface area contributed by atoms with Gasteiger partial charge in [0.25, 0.3) is 5.91 Å². The summed E-state index contributed by atoms with van der Waals surface area (Å²) in [6.07, 6.45) is 4.05. The van der Waals surface area contributed by atoms with Gasteiger partial charge in [-0.2, -0.15) is 5.10 Å². The molecule has 1 saturated heterocycles. The number of amides is 2. The number of carbonyl (C=O) groups excluding carboxylic acids is 2. The van der Waals surface area contributed by atoms with Crippen LogP contribution in [0.4, 0.5) is 4.79 Å².